The standard InChI is InChI=1S/C25H31FN6O2/c1-15(27)24(30(2)28)18-10-22-23(29-11-18)20-4-3-17(25(33)31-13-19(26)14-31)9-21(20)32(22)12-16-5-7-34-8-6-16/h3-4,9-11,16,19H,5-8,12-14,27-28H2,1-2H3/b24-15-. The van der Waals surface area contributed by atoms with E-state index >= 15 is 0 Å². The first kappa shape index (κ1) is 22.6. The number of carbonyl (C=O) groups is 1. The lowest BCUT2D eigenvalue weighted by Crippen LogP contribution is -2.51. The molecule has 1 amide bonds. The van der Waals surface area contributed by atoms with E-state index in [0.717, 1.165) is 60.1 Å². The third-order valence-electron chi connectivity index (χ3n) is 6.85. The number of carbonyl (C=O) groups excluding carboxylic acids is 1. The summed E-state index contributed by atoms with van der Waals surface area (Å²) in [5.41, 5.74) is 11.6. The number of hydrazine groups is 1. The highest BCUT2D eigenvalue weighted by atomic mass is 19.1. The first-order valence-corrected chi connectivity index (χ1v) is 11.7. The molecular formula is C25H31FN6O2. The topological polar surface area (TPSA) is 103 Å². The quantitative estimate of drug-likeness (QED) is 0.443. The van der Waals surface area contributed by atoms with Gasteiger partial charge in [0.05, 0.1) is 35.3 Å². The molecule has 0 saturated carbocycles. The molecule has 0 radical (unpaired) electrons. The molecule has 0 spiro atoms. The van der Waals surface area contributed by atoms with Crippen molar-refractivity contribution in [1.29, 1.82) is 0 Å². The van der Waals surface area contributed by atoms with Crippen molar-refractivity contribution in [2.24, 2.45) is 17.5 Å². The lowest BCUT2D eigenvalue weighted by Gasteiger charge is -2.34. The smallest absolute Gasteiger partial charge is 0.254 e. The molecule has 0 aliphatic carbocycles. The number of benzene rings is 1. The molecule has 0 atom stereocenters. The first-order valence-electron chi connectivity index (χ1n) is 11.7. The van der Waals surface area contributed by atoms with Crippen LogP contribution < -0.4 is 11.6 Å². The molecule has 9 heteroatoms. The van der Waals surface area contributed by atoms with E-state index in [1.54, 1.807) is 18.1 Å². The van der Waals surface area contributed by atoms with Crippen LogP contribution in [0.1, 0.15) is 35.7 Å². The number of fused-ring (bicyclic) bond motifs is 3. The summed E-state index contributed by atoms with van der Waals surface area (Å²) in [4.78, 5) is 19.2. The molecule has 34 heavy (non-hydrogen) atoms. The van der Waals surface area contributed by atoms with Gasteiger partial charge in [0.15, 0.2) is 0 Å². The molecule has 4 N–H and O–H groups in total. The average molecular weight is 467 g/mol. The van der Waals surface area contributed by atoms with E-state index in [2.05, 4.69) is 10.6 Å². The van der Waals surface area contributed by atoms with Crippen LogP contribution in [-0.4, -0.2) is 64.9 Å². The van der Waals surface area contributed by atoms with Gasteiger partial charge in [-0.05, 0) is 49.9 Å². The monoisotopic (exact) mass is 466 g/mol. The van der Waals surface area contributed by atoms with Gasteiger partial charge < -0.3 is 24.9 Å². The third kappa shape index (κ3) is 3.99. The Hall–Kier alpha value is -3.17. The van der Waals surface area contributed by atoms with Gasteiger partial charge in [-0.15, -0.1) is 0 Å². The van der Waals surface area contributed by atoms with Crippen molar-refractivity contribution < 1.29 is 13.9 Å². The van der Waals surface area contributed by atoms with Gasteiger partial charge >= 0.3 is 0 Å². The van der Waals surface area contributed by atoms with Gasteiger partial charge in [-0.1, -0.05) is 0 Å². The van der Waals surface area contributed by atoms with E-state index in [4.69, 9.17) is 21.3 Å². The molecule has 0 bridgehead atoms. The van der Waals surface area contributed by atoms with Crippen molar-refractivity contribution in [2.45, 2.75) is 32.5 Å². The van der Waals surface area contributed by atoms with Crippen molar-refractivity contribution in [2.75, 3.05) is 33.4 Å². The third-order valence-corrected chi connectivity index (χ3v) is 6.85. The van der Waals surface area contributed by atoms with E-state index in [-0.39, 0.29) is 19.0 Å². The highest BCUT2D eigenvalue weighted by Crippen LogP contribution is 2.33. The second kappa shape index (κ2) is 8.88. The number of aromatic nitrogens is 2. The lowest BCUT2D eigenvalue weighted by molar-refractivity contribution is 0.0400. The number of likely N-dealkylation sites (tertiary alicyclic amines) is 1. The average Bonchev–Trinajstić information content (AvgIpc) is 3.09. The maximum absolute atomic E-state index is 13.3. The van der Waals surface area contributed by atoms with Crippen LogP contribution in [0.3, 0.4) is 0 Å². The minimum atomic E-state index is -0.927. The van der Waals surface area contributed by atoms with Gasteiger partial charge in [0.25, 0.3) is 5.91 Å². The van der Waals surface area contributed by atoms with Crippen LogP contribution in [0.15, 0.2) is 36.2 Å². The molecule has 180 valence electrons. The first-order chi connectivity index (χ1) is 16.3. The van der Waals surface area contributed by atoms with Crippen molar-refractivity contribution in [3.63, 3.8) is 0 Å². The Bertz CT molecular complexity index is 1270. The molecule has 2 saturated heterocycles. The number of ether oxygens (including phenoxy) is 1. The van der Waals surface area contributed by atoms with Crippen LogP contribution in [0.2, 0.25) is 0 Å². The number of pyridine rings is 1. The Balaban J connectivity index is 1.65. The van der Waals surface area contributed by atoms with Gasteiger partial charge in [-0.3, -0.25) is 9.78 Å². The Labute approximate surface area is 197 Å². The van der Waals surface area contributed by atoms with E-state index in [0.29, 0.717) is 22.9 Å². The fourth-order valence-electron chi connectivity index (χ4n) is 5.08. The zero-order valence-electron chi connectivity index (χ0n) is 19.6. The Morgan fingerprint density at radius 2 is 1.91 bits per heavy atom. The van der Waals surface area contributed by atoms with Crippen molar-refractivity contribution in [1.82, 2.24) is 19.5 Å². The number of nitrogens with zero attached hydrogens (tertiary/aromatic N) is 4. The van der Waals surface area contributed by atoms with Crippen LogP contribution in [0.5, 0.6) is 0 Å². The number of nitrogens with two attached hydrogens (primary N) is 2. The van der Waals surface area contributed by atoms with E-state index in [1.165, 1.54) is 5.01 Å². The number of rotatable bonds is 5. The number of halogens is 1. The van der Waals surface area contributed by atoms with Crippen LogP contribution in [0, 0.1) is 5.92 Å². The van der Waals surface area contributed by atoms with E-state index in [1.807, 2.05) is 25.1 Å². The Kier molecular flexibility index (Phi) is 5.91. The molecule has 3 aromatic rings. The van der Waals surface area contributed by atoms with Gasteiger partial charge in [0, 0.05) is 55.2 Å². The molecule has 5 rings (SSSR count). The Morgan fingerprint density at radius 1 is 1.21 bits per heavy atom. The fourth-order valence-corrected chi connectivity index (χ4v) is 5.08. The molecule has 1 aromatic carbocycles. The number of alkyl halides is 1. The molecule has 8 nitrogen and oxygen atoms in total. The minimum absolute atomic E-state index is 0.138. The van der Waals surface area contributed by atoms with E-state index < -0.39 is 6.17 Å². The molecule has 4 heterocycles. The fraction of sp³-hybridized carbons (Fsp3) is 0.440. The van der Waals surface area contributed by atoms with Gasteiger partial charge in [0.1, 0.15) is 6.17 Å². The SMILES string of the molecule is C/C(N)=C(\c1cnc2c3ccc(C(=O)N4CC(F)C4)cc3n(CC3CCOCC3)c2c1)N(C)N. The van der Waals surface area contributed by atoms with Gasteiger partial charge in [-0.25, -0.2) is 10.2 Å². The molecule has 0 unspecified atom stereocenters. The summed E-state index contributed by atoms with van der Waals surface area (Å²) >= 11 is 0. The maximum Gasteiger partial charge on any atom is 0.254 e. The van der Waals surface area contributed by atoms with Gasteiger partial charge in [-0.2, -0.15) is 0 Å². The number of allylic oxidation sites excluding steroid dienone is 1. The maximum atomic E-state index is 13.3. The molecule has 2 aromatic heterocycles. The van der Waals surface area contributed by atoms with Crippen LogP contribution in [0.4, 0.5) is 4.39 Å². The lowest BCUT2D eigenvalue weighted by atomic mass is 10.00. The predicted molar refractivity (Wildman–Crippen MR) is 130 cm³/mol. The summed E-state index contributed by atoms with van der Waals surface area (Å²) < 4.78 is 21.1. The van der Waals surface area contributed by atoms with Crippen molar-refractivity contribution in [3.8, 4) is 0 Å². The summed E-state index contributed by atoms with van der Waals surface area (Å²) in [6, 6.07) is 7.75. The summed E-state index contributed by atoms with van der Waals surface area (Å²) in [6.45, 7) is 4.44. The number of hydrogen-bond acceptors (Lipinski definition) is 6. The van der Waals surface area contributed by atoms with Crippen LogP contribution in [0.25, 0.3) is 27.6 Å². The van der Waals surface area contributed by atoms with Gasteiger partial charge in [0.2, 0.25) is 0 Å². The summed E-state index contributed by atoms with van der Waals surface area (Å²) in [7, 11) is 1.75. The highest BCUT2D eigenvalue weighted by molar-refractivity contribution is 6.09. The second-order valence-electron chi connectivity index (χ2n) is 9.44. The summed E-state index contributed by atoms with van der Waals surface area (Å²) in [5.74, 6) is 6.39. The largest absolute Gasteiger partial charge is 0.401 e. The van der Waals surface area contributed by atoms with Crippen LogP contribution >= 0.6 is 0 Å². The van der Waals surface area contributed by atoms with Crippen molar-refractivity contribution in [3.05, 3.63) is 47.3 Å². The summed E-state index contributed by atoms with van der Waals surface area (Å²) in [6.07, 6.45) is 2.83. The minimum Gasteiger partial charge on any atom is -0.401 e. The zero-order chi connectivity index (χ0) is 24.0. The Morgan fingerprint density at radius 3 is 2.56 bits per heavy atom. The molecular weight excluding hydrogens is 435 g/mol. The predicted octanol–water partition coefficient (Wildman–Crippen LogP) is 2.86. The number of amides is 1. The molecule has 2 aliphatic heterocycles. The van der Waals surface area contributed by atoms with E-state index in [9.17, 15) is 9.18 Å². The highest BCUT2D eigenvalue weighted by Gasteiger charge is 2.31. The molecule has 2 aliphatic rings. The second-order valence-corrected chi connectivity index (χ2v) is 9.44. The normalized spacial score (nSPS) is 18.3. The molecule has 2 fully saturated rings. The number of hydrogen-bond donors (Lipinski definition) is 2. The van der Waals surface area contributed by atoms with Crippen molar-refractivity contribution >= 4 is 33.5 Å². The van der Waals surface area contributed by atoms with Crippen LogP contribution in [-0.2, 0) is 11.3 Å². The zero-order valence-corrected chi connectivity index (χ0v) is 19.6. The summed E-state index contributed by atoms with van der Waals surface area (Å²) in [5, 5.41) is 2.49.